The first-order chi connectivity index (χ1) is 20.0. The molecule has 0 aromatic heterocycles. The summed E-state index contributed by atoms with van der Waals surface area (Å²) in [4.78, 5) is 38.2. The van der Waals surface area contributed by atoms with E-state index < -0.39 is 54.5 Å². The maximum atomic E-state index is 12.8. The van der Waals surface area contributed by atoms with Crippen LogP contribution >= 0.6 is 0 Å². The van der Waals surface area contributed by atoms with Crippen molar-refractivity contribution in [2.45, 2.75) is 55.9 Å². The zero-order chi connectivity index (χ0) is 30.4. The lowest BCUT2D eigenvalue weighted by Gasteiger charge is -2.44. The zero-order valence-electron chi connectivity index (χ0n) is 22.1. The lowest BCUT2D eigenvalue weighted by Crippen LogP contribution is -2.66. The second-order valence-electron chi connectivity index (χ2n) is 9.86. The third kappa shape index (κ3) is 7.75. The second-order valence-corrected chi connectivity index (χ2v) is 9.86. The van der Waals surface area contributed by atoms with E-state index in [9.17, 15) is 45.0 Å². The summed E-state index contributed by atoms with van der Waals surface area (Å²) in [6, 6.07) is 17.0. The summed E-state index contributed by atoms with van der Waals surface area (Å²) in [7, 11) is 0. The van der Waals surface area contributed by atoms with Crippen molar-refractivity contribution in [2.75, 3.05) is 0 Å². The van der Waals surface area contributed by atoms with Gasteiger partial charge in [0.25, 0.3) is 0 Å². The van der Waals surface area contributed by atoms with E-state index in [0.717, 1.165) is 0 Å². The molecule has 4 rings (SSSR count). The number of aromatic hydroxyl groups is 3. The average Bonchev–Trinajstić information content (AvgIpc) is 2.95. The van der Waals surface area contributed by atoms with Crippen LogP contribution in [0.3, 0.4) is 0 Å². The van der Waals surface area contributed by atoms with Gasteiger partial charge in [-0.25, -0.2) is 0 Å². The van der Waals surface area contributed by atoms with Gasteiger partial charge in [-0.3, -0.25) is 14.4 Å². The SMILES string of the molecule is O=C(Cc1ccc(O)cc1)OC1C(O)C(O)C(OC(=O)Cc2ccc(O)cc2)C(OC(=O)Cc2ccc(O)cc2)C1O. The van der Waals surface area contributed by atoms with Gasteiger partial charge in [0, 0.05) is 0 Å². The van der Waals surface area contributed by atoms with Crippen molar-refractivity contribution in [3.05, 3.63) is 89.5 Å². The van der Waals surface area contributed by atoms with E-state index in [-0.39, 0.29) is 36.5 Å². The van der Waals surface area contributed by atoms with Crippen molar-refractivity contribution in [3.8, 4) is 17.2 Å². The molecule has 6 N–H and O–H groups in total. The monoisotopic (exact) mass is 582 g/mol. The number of aliphatic hydroxyl groups is 3. The normalized spacial score (nSPS) is 23.5. The first-order valence-corrected chi connectivity index (χ1v) is 13.0. The highest BCUT2D eigenvalue weighted by molar-refractivity contribution is 5.75. The van der Waals surface area contributed by atoms with E-state index in [2.05, 4.69) is 0 Å². The topological polar surface area (TPSA) is 200 Å². The third-order valence-corrected chi connectivity index (χ3v) is 6.68. The summed E-state index contributed by atoms with van der Waals surface area (Å²) in [6.45, 7) is 0. The molecule has 222 valence electrons. The number of carbonyl (C=O) groups is 3. The quantitative estimate of drug-likeness (QED) is 0.152. The highest BCUT2D eigenvalue weighted by Crippen LogP contribution is 2.30. The molecule has 6 unspecified atom stereocenters. The molecule has 3 aromatic carbocycles. The summed E-state index contributed by atoms with van der Waals surface area (Å²) in [6.07, 6.45) is -12.0. The van der Waals surface area contributed by atoms with Gasteiger partial charge in [-0.05, 0) is 53.1 Å². The van der Waals surface area contributed by atoms with Gasteiger partial charge >= 0.3 is 17.9 Å². The van der Waals surface area contributed by atoms with Gasteiger partial charge in [-0.1, -0.05) is 36.4 Å². The molecule has 6 atom stereocenters. The number of carbonyl (C=O) groups excluding carboxylic acids is 3. The van der Waals surface area contributed by atoms with Crippen molar-refractivity contribution in [1.82, 2.24) is 0 Å². The molecule has 0 spiro atoms. The third-order valence-electron chi connectivity index (χ3n) is 6.68. The predicted octanol–water partition coefficient (Wildman–Crippen LogP) is 0.663. The van der Waals surface area contributed by atoms with Crippen LogP contribution in [-0.2, 0) is 47.9 Å². The Morgan fingerprint density at radius 3 is 1.05 bits per heavy atom. The molecule has 3 aromatic rings. The van der Waals surface area contributed by atoms with Crippen molar-refractivity contribution in [2.24, 2.45) is 0 Å². The fourth-order valence-corrected chi connectivity index (χ4v) is 4.50. The predicted molar refractivity (Wildman–Crippen MR) is 143 cm³/mol. The van der Waals surface area contributed by atoms with Crippen LogP contribution in [0.1, 0.15) is 16.7 Å². The van der Waals surface area contributed by atoms with Crippen LogP contribution in [-0.4, -0.2) is 85.2 Å². The molecular formula is C30H30O12. The molecule has 0 heterocycles. The van der Waals surface area contributed by atoms with Crippen LogP contribution < -0.4 is 0 Å². The number of benzene rings is 3. The van der Waals surface area contributed by atoms with Crippen molar-refractivity contribution in [3.63, 3.8) is 0 Å². The standard InChI is InChI=1S/C30H30O12/c31-19-7-1-16(2-8-19)13-22(34)40-28-25(37)26(38)29(41-23(35)14-17-3-9-20(32)10-4-17)30(27(28)39)42-24(36)15-18-5-11-21(33)12-6-18/h1-12,25-33,37-39H,13-15H2. The minimum Gasteiger partial charge on any atom is -0.508 e. The summed E-state index contributed by atoms with van der Waals surface area (Å²) >= 11 is 0. The number of hydrogen-bond acceptors (Lipinski definition) is 12. The molecule has 12 nitrogen and oxygen atoms in total. The van der Waals surface area contributed by atoms with Crippen LogP contribution in [0.15, 0.2) is 72.8 Å². The van der Waals surface area contributed by atoms with Crippen LogP contribution in [0.4, 0.5) is 0 Å². The van der Waals surface area contributed by atoms with E-state index in [1.807, 2.05) is 0 Å². The van der Waals surface area contributed by atoms with Crippen LogP contribution in [0.2, 0.25) is 0 Å². The lowest BCUT2D eigenvalue weighted by atomic mass is 9.84. The Balaban J connectivity index is 1.52. The summed E-state index contributed by atoms with van der Waals surface area (Å²) in [5, 5.41) is 61.1. The molecule has 0 amide bonds. The summed E-state index contributed by atoms with van der Waals surface area (Å²) < 4.78 is 16.1. The van der Waals surface area contributed by atoms with Gasteiger partial charge in [0.15, 0.2) is 18.3 Å². The van der Waals surface area contributed by atoms with E-state index in [4.69, 9.17) is 14.2 Å². The summed E-state index contributed by atoms with van der Waals surface area (Å²) in [5.41, 5.74) is 1.35. The molecular weight excluding hydrogens is 552 g/mol. The molecule has 1 aliphatic rings. The molecule has 42 heavy (non-hydrogen) atoms. The zero-order valence-corrected chi connectivity index (χ0v) is 22.1. The van der Waals surface area contributed by atoms with Crippen molar-refractivity contribution in [1.29, 1.82) is 0 Å². The van der Waals surface area contributed by atoms with E-state index in [1.165, 1.54) is 72.8 Å². The van der Waals surface area contributed by atoms with Gasteiger partial charge in [0.1, 0.15) is 35.6 Å². The molecule has 1 fully saturated rings. The molecule has 1 aliphatic carbocycles. The number of aliphatic hydroxyl groups excluding tert-OH is 3. The Hall–Kier alpha value is -4.65. The maximum absolute atomic E-state index is 12.8. The molecule has 0 radical (unpaired) electrons. The van der Waals surface area contributed by atoms with Crippen LogP contribution in [0.5, 0.6) is 17.2 Å². The summed E-state index contributed by atoms with van der Waals surface area (Å²) in [5.74, 6) is -2.75. The van der Waals surface area contributed by atoms with Gasteiger partial charge < -0.3 is 44.8 Å². The largest absolute Gasteiger partial charge is 0.508 e. The fourth-order valence-electron chi connectivity index (χ4n) is 4.50. The maximum Gasteiger partial charge on any atom is 0.310 e. The number of rotatable bonds is 9. The van der Waals surface area contributed by atoms with Crippen molar-refractivity contribution < 1.29 is 59.2 Å². The number of phenolic OH excluding ortho intramolecular Hbond substituents is 3. The first kappa shape index (κ1) is 30.3. The van der Waals surface area contributed by atoms with Gasteiger partial charge in [-0.2, -0.15) is 0 Å². The van der Waals surface area contributed by atoms with Crippen LogP contribution in [0, 0.1) is 0 Å². The Kier molecular flexibility index (Phi) is 9.63. The number of ether oxygens (including phenoxy) is 3. The molecule has 0 aliphatic heterocycles. The Morgan fingerprint density at radius 2 is 0.714 bits per heavy atom. The lowest BCUT2D eigenvalue weighted by molar-refractivity contribution is -0.247. The van der Waals surface area contributed by atoms with E-state index in [1.54, 1.807) is 0 Å². The van der Waals surface area contributed by atoms with Gasteiger partial charge in [0.05, 0.1) is 19.3 Å². The molecule has 0 bridgehead atoms. The average molecular weight is 583 g/mol. The second kappa shape index (κ2) is 13.3. The highest BCUT2D eigenvalue weighted by Gasteiger charge is 2.55. The van der Waals surface area contributed by atoms with Crippen LogP contribution in [0.25, 0.3) is 0 Å². The number of esters is 3. The molecule has 0 saturated heterocycles. The minimum atomic E-state index is -1.94. The van der Waals surface area contributed by atoms with E-state index >= 15 is 0 Å². The smallest absolute Gasteiger partial charge is 0.310 e. The van der Waals surface area contributed by atoms with Crippen molar-refractivity contribution >= 4 is 17.9 Å². The van der Waals surface area contributed by atoms with E-state index in [0.29, 0.717) is 16.7 Å². The van der Waals surface area contributed by atoms with Gasteiger partial charge in [0.2, 0.25) is 0 Å². The minimum absolute atomic E-state index is 0.0173. The Bertz CT molecular complexity index is 1370. The fraction of sp³-hybridized carbons (Fsp3) is 0.300. The first-order valence-electron chi connectivity index (χ1n) is 13.0. The molecule has 1 saturated carbocycles. The number of hydrogen-bond donors (Lipinski definition) is 6. The Labute approximate surface area is 240 Å². The highest BCUT2D eigenvalue weighted by atomic mass is 16.6. The Morgan fingerprint density at radius 1 is 0.452 bits per heavy atom. The molecule has 12 heteroatoms. The van der Waals surface area contributed by atoms with Gasteiger partial charge in [-0.15, -0.1) is 0 Å². The number of phenols is 3.